The summed E-state index contributed by atoms with van der Waals surface area (Å²) in [6.07, 6.45) is 3.40. The minimum atomic E-state index is -0.621. The van der Waals surface area contributed by atoms with Crippen LogP contribution >= 0.6 is 0 Å². The number of carbonyl (C=O) groups is 2. The van der Waals surface area contributed by atoms with Crippen molar-refractivity contribution in [2.75, 3.05) is 43.4 Å². The Morgan fingerprint density at radius 3 is 2.55 bits per heavy atom. The van der Waals surface area contributed by atoms with Crippen LogP contribution in [-0.2, 0) is 16.0 Å². The van der Waals surface area contributed by atoms with Gasteiger partial charge in [-0.05, 0) is 80.6 Å². The minimum absolute atomic E-state index is 0.0798. The van der Waals surface area contributed by atoms with Crippen LogP contribution in [0.25, 0.3) is 0 Å². The molecule has 6 nitrogen and oxygen atoms in total. The second-order valence-electron chi connectivity index (χ2n) is 8.80. The Morgan fingerprint density at radius 2 is 1.77 bits per heavy atom. The van der Waals surface area contributed by atoms with Crippen LogP contribution in [0.1, 0.15) is 41.1 Å². The van der Waals surface area contributed by atoms with Crippen molar-refractivity contribution in [1.29, 1.82) is 0 Å². The highest BCUT2D eigenvalue weighted by molar-refractivity contribution is 6.39. The molecule has 2 N–H and O–H groups in total. The number of nitrogens with zero attached hydrogens (tertiary/aromatic N) is 2. The summed E-state index contributed by atoms with van der Waals surface area (Å²) < 4.78 is 0. The molecule has 1 fully saturated rings. The number of carbonyl (C=O) groups excluding carboxylic acids is 2. The van der Waals surface area contributed by atoms with Gasteiger partial charge in [0, 0.05) is 31.5 Å². The normalized spacial score (nSPS) is 16.8. The van der Waals surface area contributed by atoms with Gasteiger partial charge in [-0.3, -0.25) is 14.5 Å². The number of nitrogens with one attached hydrogen (secondary N) is 2. The Bertz CT molecular complexity index is 981. The zero-order chi connectivity index (χ0) is 22.0. The fourth-order valence-electron chi connectivity index (χ4n) is 4.62. The number of amides is 2. The molecule has 0 aromatic heterocycles. The SMILES string of the molecule is Cc1ccc(C)c(NC(=O)C(=O)NC[C@H](c2ccc3c(c2)CCN3C)N2CCCC2)c1. The third-order valence-corrected chi connectivity index (χ3v) is 6.50. The van der Waals surface area contributed by atoms with E-state index in [-0.39, 0.29) is 6.04 Å². The molecule has 2 aliphatic rings. The summed E-state index contributed by atoms with van der Waals surface area (Å²) in [5.74, 6) is -1.21. The number of benzene rings is 2. The zero-order valence-corrected chi connectivity index (χ0v) is 18.7. The van der Waals surface area contributed by atoms with E-state index >= 15 is 0 Å². The molecule has 0 spiro atoms. The molecule has 164 valence electrons. The van der Waals surface area contributed by atoms with E-state index in [1.807, 2.05) is 32.0 Å². The van der Waals surface area contributed by atoms with Crippen molar-refractivity contribution >= 4 is 23.2 Å². The van der Waals surface area contributed by atoms with E-state index in [1.54, 1.807) is 0 Å². The number of rotatable bonds is 5. The first kappa shape index (κ1) is 21.4. The van der Waals surface area contributed by atoms with Gasteiger partial charge in [0.15, 0.2) is 0 Å². The van der Waals surface area contributed by atoms with Gasteiger partial charge in [-0.1, -0.05) is 24.3 Å². The molecule has 2 aliphatic heterocycles. The molecule has 4 rings (SSSR count). The van der Waals surface area contributed by atoms with E-state index in [4.69, 9.17) is 0 Å². The Labute approximate surface area is 184 Å². The van der Waals surface area contributed by atoms with E-state index in [0.717, 1.165) is 37.2 Å². The highest BCUT2D eigenvalue weighted by atomic mass is 16.2. The summed E-state index contributed by atoms with van der Waals surface area (Å²) in [7, 11) is 2.12. The fraction of sp³-hybridized carbons (Fsp3) is 0.440. The summed E-state index contributed by atoms with van der Waals surface area (Å²) in [5, 5.41) is 5.64. The van der Waals surface area contributed by atoms with Crippen molar-refractivity contribution in [1.82, 2.24) is 10.2 Å². The first-order valence-corrected chi connectivity index (χ1v) is 11.2. The average Bonchev–Trinajstić information content (AvgIpc) is 3.41. The maximum absolute atomic E-state index is 12.6. The number of likely N-dealkylation sites (tertiary alicyclic amines) is 1. The van der Waals surface area contributed by atoms with E-state index < -0.39 is 11.8 Å². The lowest BCUT2D eigenvalue weighted by Crippen LogP contribution is -2.41. The summed E-state index contributed by atoms with van der Waals surface area (Å²) >= 11 is 0. The van der Waals surface area contributed by atoms with Gasteiger partial charge in [0.2, 0.25) is 0 Å². The predicted octanol–water partition coefficient (Wildman–Crippen LogP) is 3.19. The number of fused-ring (bicyclic) bond motifs is 1. The van der Waals surface area contributed by atoms with E-state index in [9.17, 15) is 9.59 Å². The molecule has 0 unspecified atom stereocenters. The molecule has 2 aromatic rings. The first-order chi connectivity index (χ1) is 14.9. The van der Waals surface area contributed by atoms with Crippen LogP contribution in [0.15, 0.2) is 36.4 Å². The van der Waals surface area contributed by atoms with Crippen molar-refractivity contribution in [2.45, 2.75) is 39.2 Å². The maximum atomic E-state index is 12.6. The van der Waals surface area contributed by atoms with Crippen LogP contribution in [0, 0.1) is 13.8 Å². The van der Waals surface area contributed by atoms with Gasteiger partial charge in [-0.25, -0.2) is 0 Å². The Kier molecular flexibility index (Phi) is 6.28. The highest BCUT2D eigenvalue weighted by Gasteiger charge is 2.27. The molecular formula is C25H32N4O2. The zero-order valence-electron chi connectivity index (χ0n) is 18.7. The minimum Gasteiger partial charge on any atom is -0.374 e. The quantitative estimate of drug-likeness (QED) is 0.730. The number of likely N-dealkylation sites (N-methyl/N-ethyl adjacent to an activating group) is 1. The second kappa shape index (κ2) is 9.10. The Morgan fingerprint density at radius 1 is 1.00 bits per heavy atom. The smallest absolute Gasteiger partial charge is 0.313 e. The van der Waals surface area contributed by atoms with E-state index in [0.29, 0.717) is 12.2 Å². The van der Waals surface area contributed by atoms with Crippen molar-refractivity contribution < 1.29 is 9.59 Å². The molecule has 0 saturated carbocycles. The summed E-state index contributed by atoms with van der Waals surface area (Å²) in [6.45, 7) is 7.39. The van der Waals surface area contributed by atoms with Crippen LogP contribution in [0.4, 0.5) is 11.4 Å². The molecule has 0 bridgehead atoms. The average molecular weight is 421 g/mol. The third kappa shape index (κ3) is 4.74. The molecule has 31 heavy (non-hydrogen) atoms. The van der Waals surface area contributed by atoms with Gasteiger partial charge in [-0.15, -0.1) is 0 Å². The van der Waals surface area contributed by atoms with Crippen molar-refractivity contribution in [3.8, 4) is 0 Å². The predicted molar refractivity (Wildman–Crippen MR) is 125 cm³/mol. The standard InChI is InChI=1S/C25H32N4O2/c1-17-6-7-18(2)21(14-17)27-25(31)24(30)26-16-23(29-11-4-5-12-29)19-8-9-22-20(15-19)10-13-28(22)3/h6-9,14-15,23H,4-5,10-13,16H2,1-3H3,(H,26,30)(H,27,31)/t23-/m1/s1. The molecule has 1 saturated heterocycles. The molecule has 6 heteroatoms. The Balaban J connectivity index is 1.45. The molecule has 1 atom stereocenters. The van der Waals surface area contributed by atoms with Gasteiger partial charge in [0.05, 0.1) is 6.04 Å². The van der Waals surface area contributed by atoms with Gasteiger partial charge < -0.3 is 15.5 Å². The van der Waals surface area contributed by atoms with Gasteiger partial charge in [-0.2, -0.15) is 0 Å². The van der Waals surface area contributed by atoms with Gasteiger partial charge in [0.1, 0.15) is 0 Å². The molecule has 2 amide bonds. The third-order valence-electron chi connectivity index (χ3n) is 6.50. The second-order valence-corrected chi connectivity index (χ2v) is 8.80. The maximum Gasteiger partial charge on any atom is 0.313 e. The lowest BCUT2D eigenvalue weighted by Gasteiger charge is -2.28. The summed E-state index contributed by atoms with van der Waals surface area (Å²) in [5.41, 5.74) is 6.52. The van der Waals surface area contributed by atoms with Crippen LogP contribution in [0.5, 0.6) is 0 Å². The number of anilines is 2. The van der Waals surface area contributed by atoms with Crippen LogP contribution < -0.4 is 15.5 Å². The van der Waals surface area contributed by atoms with Crippen LogP contribution in [0.3, 0.4) is 0 Å². The topological polar surface area (TPSA) is 64.7 Å². The molecular weight excluding hydrogens is 388 g/mol. The number of hydrogen-bond donors (Lipinski definition) is 2. The Hall–Kier alpha value is -2.86. The highest BCUT2D eigenvalue weighted by Crippen LogP contribution is 2.32. The summed E-state index contributed by atoms with van der Waals surface area (Å²) in [4.78, 5) is 29.8. The lowest BCUT2D eigenvalue weighted by molar-refractivity contribution is -0.136. The molecule has 2 aromatic carbocycles. The van der Waals surface area contributed by atoms with Gasteiger partial charge in [0.25, 0.3) is 0 Å². The first-order valence-electron chi connectivity index (χ1n) is 11.2. The van der Waals surface area contributed by atoms with E-state index in [2.05, 4.69) is 45.7 Å². The monoisotopic (exact) mass is 420 g/mol. The lowest BCUT2D eigenvalue weighted by atomic mass is 10.0. The van der Waals surface area contributed by atoms with Crippen molar-refractivity contribution in [2.24, 2.45) is 0 Å². The fourth-order valence-corrected chi connectivity index (χ4v) is 4.62. The van der Waals surface area contributed by atoms with Crippen LogP contribution in [0.2, 0.25) is 0 Å². The van der Waals surface area contributed by atoms with Gasteiger partial charge >= 0.3 is 11.8 Å². The number of aryl methyl sites for hydroxylation is 2. The molecule has 2 heterocycles. The summed E-state index contributed by atoms with van der Waals surface area (Å²) in [6, 6.07) is 12.5. The molecule has 0 aliphatic carbocycles. The van der Waals surface area contributed by atoms with Crippen molar-refractivity contribution in [3.05, 3.63) is 58.7 Å². The van der Waals surface area contributed by atoms with Crippen molar-refractivity contribution in [3.63, 3.8) is 0 Å². The van der Waals surface area contributed by atoms with Crippen LogP contribution in [-0.4, -0.2) is 49.9 Å². The molecule has 0 radical (unpaired) electrons. The number of hydrogen-bond acceptors (Lipinski definition) is 4. The largest absolute Gasteiger partial charge is 0.374 e. The van der Waals surface area contributed by atoms with E-state index in [1.165, 1.54) is 29.7 Å².